The van der Waals surface area contributed by atoms with Gasteiger partial charge in [-0.2, -0.15) is 5.10 Å². The van der Waals surface area contributed by atoms with Gasteiger partial charge in [-0.3, -0.25) is 4.79 Å². The smallest absolute Gasteiger partial charge is 0.286 e. The lowest BCUT2D eigenvalue weighted by atomic mass is 10.2. The maximum absolute atomic E-state index is 11.5. The van der Waals surface area contributed by atoms with Crippen LogP contribution in [0.15, 0.2) is 40.9 Å². The zero-order chi connectivity index (χ0) is 13.4. The number of hydrogen-bond donors (Lipinski definition) is 1. The summed E-state index contributed by atoms with van der Waals surface area (Å²) in [4.78, 5) is 11.5. The molecule has 0 aliphatic heterocycles. The summed E-state index contributed by atoms with van der Waals surface area (Å²) >= 11 is 6.09. The van der Waals surface area contributed by atoms with Crippen molar-refractivity contribution in [3.8, 4) is 5.88 Å². The molecule has 0 fully saturated rings. The fourth-order valence-electron chi connectivity index (χ4n) is 1.88. The molecule has 0 saturated heterocycles. The summed E-state index contributed by atoms with van der Waals surface area (Å²) in [6, 6.07) is 8.82. The van der Waals surface area contributed by atoms with Crippen LogP contribution >= 0.6 is 11.6 Å². The number of rotatable bonds is 2. The van der Waals surface area contributed by atoms with E-state index in [4.69, 9.17) is 16.0 Å². The van der Waals surface area contributed by atoms with E-state index in [0.717, 1.165) is 10.9 Å². The van der Waals surface area contributed by atoms with Crippen LogP contribution in [0, 0.1) is 0 Å². The van der Waals surface area contributed by atoms with Crippen molar-refractivity contribution < 1.29 is 9.21 Å². The molecule has 2 heterocycles. The number of halogens is 1. The second-order valence-corrected chi connectivity index (χ2v) is 4.35. The average molecular weight is 276 g/mol. The molecule has 0 bridgehead atoms. The van der Waals surface area contributed by atoms with E-state index in [9.17, 15) is 4.79 Å². The zero-order valence-corrected chi connectivity index (χ0v) is 10.8. The van der Waals surface area contributed by atoms with Gasteiger partial charge in [0.25, 0.3) is 5.91 Å². The monoisotopic (exact) mass is 275 g/mol. The first-order chi connectivity index (χ1) is 9.20. The molecule has 6 heteroatoms. The molecule has 2 aromatic heterocycles. The molecule has 3 aromatic rings. The molecule has 0 aliphatic carbocycles. The highest BCUT2D eigenvalue weighted by atomic mass is 35.5. The van der Waals surface area contributed by atoms with Gasteiger partial charge in [-0.1, -0.05) is 17.7 Å². The number of amides is 1. The molecular formula is C13H10ClN3O2. The van der Waals surface area contributed by atoms with Crippen molar-refractivity contribution in [2.24, 2.45) is 0 Å². The molecular weight excluding hydrogens is 266 g/mol. The van der Waals surface area contributed by atoms with Crippen molar-refractivity contribution in [3.05, 3.63) is 47.3 Å². The van der Waals surface area contributed by atoms with Gasteiger partial charge < -0.3 is 9.73 Å². The molecule has 1 N–H and O–H groups in total. The minimum absolute atomic E-state index is 0.239. The van der Waals surface area contributed by atoms with E-state index in [-0.39, 0.29) is 11.7 Å². The first kappa shape index (κ1) is 11.8. The van der Waals surface area contributed by atoms with Gasteiger partial charge in [0.1, 0.15) is 0 Å². The highest BCUT2D eigenvalue weighted by Gasteiger charge is 2.13. The van der Waals surface area contributed by atoms with E-state index < -0.39 is 0 Å². The topological polar surface area (TPSA) is 60.1 Å². The van der Waals surface area contributed by atoms with Crippen LogP contribution in [-0.2, 0) is 0 Å². The van der Waals surface area contributed by atoms with Gasteiger partial charge in [0.05, 0.1) is 16.7 Å². The summed E-state index contributed by atoms with van der Waals surface area (Å²) in [6.07, 6.45) is 1.67. The Balaban J connectivity index is 2.12. The van der Waals surface area contributed by atoms with E-state index in [2.05, 4.69) is 10.4 Å². The number of fused-ring (bicyclic) bond motifs is 1. The average Bonchev–Trinajstić information content (AvgIpc) is 3.04. The largest absolute Gasteiger partial charge is 0.433 e. The SMILES string of the molecule is CNC(=O)c1ccc(-n2ncc3c(Cl)cccc32)o1. The molecule has 0 atom stereocenters. The summed E-state index contributed by atoms with van der Waals surface area (Å²) in [5, 5.41) is 8.20. The minimum atomic E-state index is -0.277. The Morgan fingerprint density at radius 3 is 3.00 bits per heavy atom. The van der Waals surface area contributed by atoms with Crippen LogP contribution in [0.3, 0.4) is 0 Å². The second kappa shape index (κ2) is 4.44. The molecule has 1 aromatic carbocycles. The number of carbonyl (C=O) groups excluding carboxylic acids is 1. The molecule has 0 radical (unpaired) electrons. The van der Waals surface area contributed by atoms with Crippen LogP contribution < -0.4 is 5.32 Å². The lowest BCUT2D eigenvalue weighted by molar-refractivity contribution is 0.0935. The number of nitrogens with one attached hydrogen (secondary N) is 1. The van der Waals surface area contributed by atoms with Crippen molar-refractivity contribution >= 4 is 28.4 Å². The molecule has 0 unspecified atom stereocenters. The van der Waals surface area contributed by atoms with Crippen molar-refractivity contribution in [3.63, 3.8) is 0 Å². The van der Waals surface area contributed by atoms with Crippen LogP contribution in [0.25, 0.3) is 16.8 Å². The molecule has 1 amide bonds. The van der Waals surface area contributed by atoms with Crippen LogP contribution in [-0.4, -0.2) is 22.7 Å². The van der Waals surface area contributed by atoms with E-state index >= 15 is 0 Å². The van der Waals surface area contributed by atoms with Crippen molar-refractivity contribution in [1.29, 1.82) is 0 Å². The van der Waals surface area contributed by atoms with Crippen molar-refractivity contribution in [2.75, 3.05) is 7.05 Å². The number of aromatic nitrogens is 2. The van der Waals surface area contributed by atoms with Gasteiger partial charge >= 0.3 is 0 Å². The number of hydrogen-bond acceptors (Lipinski definition) is 3. The number of nitrogens with zero attached hydrogens (tertiary/aromatic N) is 2. The first-order valence-electron chi connectivity index (χ1n) is 5.65. The maximum Gasteiger partial charge on any atom is 0.286 e. The highest BCUT2D eigenvalue weighted by molar-refractivity contribution is 6.35. The Labute approximate surface area is 113 Å². The molecule has 96 valence electrons. The van der Waals surface area contributed by atoms with Crippen LogP contribution in [0.1, 0.15) is 10.6 Å². The van der Waals surface area contributed by atoms with E-state index in [1.165, 1.54) is 0 Å². The summed E-state index contributed by atoms with van der Waals surface area (Å²) in [6.45, 7) is 0. The lowest BCUT2D eigenvalue weighted by Gasteiger charge is -1.99. The molecule has 0 aliphatic rings. The summed E-state index contributed by atoms with van der Waals surface area (Å²) in [7, 11) is 1.55. The quantitative estimate of drug-likeness (QED) is 0.782. The number of carbonyl (C=O) groups is 1. The van der Waals surface area contributed by atoms with Gasteiger partial charge in [0, 0.05) is 18.5 Å². The fraction of sp³-hybridized carbons (Fsp3) is 0.0769. The molecule has 19 heavy (non-hydrogen) atoms. The third-order valence-corrected chi connectivity index (χ3v) is 3.14. The van der Waals surface area contributed by atoms with Crippen molar-refractivity contribution in [1.82, 2.24) is 15.1 Å². The van der Waals surface area contributed by atoms with Gasteiger partial charge in [0.15, 0.2) is 5.76 Å². The van der Waals surface area contributed by atoms with Crippen LogP contribution in [0.2, 0.25) is 5.02 Å². The van der Waals surface area contributed by atoms with E-state index in [0.29, 0.717) is 10.9 Å². The predicted molar refractivity (Wildman–Crippen MR) is 71.7 cm³/mol. The standard InChI is InChI=1S/C13H10ClN3O2/c1-15-13(18)11-5-6-12(19-11)17-10-4-2-3-9(14)8(10)7-16-17/h2-7H,1H3,(H,15,18). The Morgan fingerprint density at radius 2 is 2.21 bits per heavy atom. The van der Waals surface area contributed by atoms with Crippen LogP contribution in [0.5, 0.6) is 0 Å². The Hall–Kier alpha value is -2.27. The first-order valence-corrected chi connectivity index (χ1v) is 6.03. The maximum atomic E-state index is 11.5. The second-order valence-electron chi connectivity index (χ2n) is 3.95. The Kier molecular flexibility index (Phi) is 2.76. The Bertz CT molecular complexity index is 760. The number of furan rings is 1. The van der Waals surface area contributed by atoms with E-state index in [1.807, 2.05) is 12.1 Å². The van der Waals surface area contributed by atoms with Gasteiger partial charge in [-0.25, -0.2) is 4.68 Å². The van der Waals surface area contributed by atoms with Gasteiger partial charge in [-0.05, 0) is 18.2 Å². The highest BCUT2D eigenvalue weighted by Crippen LogP contribution is 2.25. The lowest BCUT2D eigenvalue weighted by Crippen LogP contribution is -2.16. The number of benzene rings is 1. The minimum Gasteiger partial charge on any atom is -0.433 e. The predicted octanol–water partition coefficient (Wildman–Crippen LogP) is 2.63. The van der Waals surface area contributed by atoms with Gasteiger partial charge in [-0.15, -0.1) is 0 Å². The third-order valence-electron chi connectivity index (χ3n) is 2.81. The molecule has 5 nitrogen and oxygen atoms in total. The summed E-state index contributed by atoms with van der Waals surface area (Å²) < 4.78 is 7.08. The van der Waals surface area contributed by atoms with Crippen LogP contribution in [0.4, 0.5) is 0 Å². The summed E-state index contributed by atoms with van der Waals surface area (Å²) in [5.41, 5.74) is 0.824. The molecule has 0 saturated carbocycles. The van der Waals surface area contributed by atoms with E-state index in [1.54, 1.807) is 36.1 Å². The van der Waals surface area contributed by atoms with Crippen molar-refractivity contribution in [2.45, 2.75) is 0 Å². The fourth-order valence-corrected chi connectivity index (χ4v) is 2.10. The van der Waals surface area contributed by atoms with Gasteiger partial charge in [0.2, 0.25) is 5.88 Å². The zero-order valence-electron chi connectivity index (χ0n) is 10.1. The normalized spacial score (nSPS) is 10.8. The third kappa shape index (κ3) is 1.88. The summed E-state index contributed by atoms with van der Waals surface area (Å²) in [5.74, 6) is 0.430. The molecule has 3 rings (SSSR count). The Morgan fingerprint density at radius 1 is 1.37 bits per heavy atom. The molecule has 0 spiro atoms.